The maximum atomic E-state index is 5.59. The van der Waals surface area contributed by atoms with Crippen LogP contribution in [0.2, 0.25) is 0 Å². The van der Waals surface area contributed by atoms with E-state index < -0.39 is 0 Å². The van der Waals surface area contributed by atoms with E-state index in [1.807, 2.05) is 11.4 Å². The molecule has 0 aliphatic heterocycles. The molecule has 3 N–H and O–H groups in total. The SMILES string of the molecule is COc1cc(C(NN)c2sccc2Br)ncn1. The number of hydrazine groups is 1. The van der Waals surface area contributed by atoms with Gasteiger partial charge in [0, 0.05) is 15.4 Å². The predicted molar refractivity (Wildman–Crippen MR) is 69.8 cm³/mol. The van der Waals surface area contributed by atoms with Gasteiger partial charge < -0.3 is 4.74 Å². The van der Waals surface area contributed by atoms with Crippen LogP contribution >= 0.6 is 27.3 Å². The highest BCUT2D eigenvalue weighted by Gasteiger charge is 2.18. The molecule has 0 aromatic carbocycles. The number of nitrogens with two attached hydrogens (primary N) is 1. The molecule has 0 saturated heterocycles. The highest BCUT2D eigenvalue weighted by molar-refractivity contribution is 9.10. The van der Waals surface area contributed by atoms with E-state index in [9.17, 15) is 0 Å². The van der Waals surface area contributed by atoms with Gasteiger partial charge in [-0.05, 0) is 27.4 Å². The molecule has 0 saturated carbocycles. The van der Waals surface area contributed by atoms with Crippen LogP contribution in [0.3, 0.4) is 0 Å². The molecule has 0 spiro atoms. The molecule has 0 fully saturated rings. The predicted octanol–water partition coefficient (Wildman–Crippen LogP) is 1.86. The molecule has 0 radical (unpaired) electrons. The molecule has 7 heteroatoms. The quantitative estimate of drug-likeness (QED) is 0.665. The molecule has 2 heterocycles. The minimum Gasteiger partial charge on any atom is -0.481 e. The number of halogens is 1. The molecule has 2 rings (SSSR count). The highest BCUT2D eigenvalue weighted by atomic mass is 79.9. The van der Waals surface area contributed by atoms with E-state index in [4.69, 9.17) is 10.6 Å². The Balaban J connectivity index is 2.38. The topological polar surface area (TPSA) is 73.1 Å². The van der Waals surface area contributed by atoms with Crippen molar-refractivity contribution in [3.8, 4) is 5.88 Å². The molecule has 0 aliphatic rings. The molecule has 1 unspecified atom stereocenters. The molecule has 2 aromatic heterocycles. The van der Waals surface area contributed by atoms with Crippen molar-refractivity contribution in [3.63, 3.8) is 0 Å². The standard InChI is InChI=1S/C10H11BrN4OS/c1-16-8-4-7(13-5-14-8)9(15-12)10-6(11)2-3-17-10/h2-5,9,15H,12H2,1H3. The Labute approximate surface area is 111 Å². The van der Waals surface area contributed by atoms with Crippen molar-refractivity contribution in [1.29, 1.82) is 0 Å². The normalized spacial score (nSPS) is 12.4. The summed E-state index contributed by atoms with van der Waals surface area (Å²) in [6, 6.07) is 3.56. The minimum absolute atomic E-state index is 0.179. The lowest BCUT2D eigenvalue weighted by molar-refractivity contribution is 0.395. The van der Waals surface area contributed by atoms with Crippen LogP contribution in [0.25, 0.3) is 0 Å². The smallest absolute Gasteiger partial charge is 0.216 e. The third-order valence-electron chi connectivity index (χ3n) is 2.24. The molecule has 5 nitrogen and oxygen atoms in total. The second-order valence-corrected chi connectivity index (χ2v) is 5.02. The Kier molecular flexibility index (Phi) is 4.06. The average Bonchev–Trinajstić information content (AvgIpc) is 2.77. The van der Waals surface area contributed by atoms with E-state index >= 15 is 0 Å². The van der Waals surface area contributed by atoms with Crippen molar-refractivity contribution >= 4 is 27.3 Å². The van der Waals surface area contributed by atoms with Crippen LogP contribution in [0.15, 0.2) is 28.3 Å². The summed E-state index contributed by atoms with van der Waals surface area (Å²) in [6.07, 6.45) is 1.46. The first-order valence-electron chi connectivity index (χ1n) is 4.81. The fraction of sp³-hybridized carbons (Fsp3) is 0.200. The molecule has 1 atom stereocenters. The zero-order valence-corrected chi connectivity index (χ0v) is 11.5. The van der Waals surface area contributed by atoms with Crippen molar-refractivity contribution in [2.45, 2.75) is 6.04 Å². The van der Waals surface area contributed by atoms with Crippen molar-refractivity contribution < 1.29 is 4.74 Å². The zero-order chi connectivity index (χ0) is 12.3. The van der Waals surface area contributed by atoms with Gasteiger partial charge in [0.1, 0.15) is 6.33 Å². The number of thiophene rings is 1. The van der Waals surface area contributed by atoms with Crippen molar-refractivity contribution in [2.24, 2.45) is 5.84 Å². The van der Waals surface area contributed by atoms with Crippen molar-refractivity contribution in [3.05, 3.63) is 38.9 Å². The van der Waals surface area contributed by atoms with Gasteiger partial charge in [0.05, 0.1) is 18.8 Å². The Morgan fingerprint density at radius 3 is 2.94 bits per heavy atom. The largest absolute Gasteiger partial charge is 0.481 e. The first-order chi connectivity index (χ1) is 8.26. The minimum atomic E-state index is -0.179. The fourth-order valence-corrected chi connectivity index (χ4v) is 3.10. The maximum absolute atomic E-state index is 5.59. The molecule has 17 heavy (non-hydrogen) atoms. The molecule has 0 amide bonds. The molecular formula is C10H11BrN4OS. The Bertz CT molecular complexity index is 505. The summed E-state index contributed by atoms with van der Waals surface area (Å²) >= 11 is 5.08. The molecular weight excluding hydrogens is 304 g/mol. The van der Waals surface area contributed by atoms with Gasteiger partial charge in [-0.15, -0.1) is 11.3 Å². The zero-order valence-electron chi connectivity index (χ0n) is 9.05. The summed E-state index contributed by atoms with van der Waals surface area (Å²) in [6.45, 7) is 0. The van der Waals surface area contributed by atoms with E-state index in [2.05, 4.69) is 31.3 Å². The van der Waals surface area contributed by atoms with Crippen LogP contribution in [0.1, 0.15) is 16.6 Å². The lowest BCUT2D eigenvalue weighted by atomic mass is 10.2. The number of methoxy groups -OCH3 is 1. The lowest BCUT2D eigenvalue weighted by Crippen LogP contribution is -2.29. The van der Waals surface area contributed by atoms with Gasteiger partial charge in [-0.2, -0.15) is 0 Å². The number of hydrogen-bond donors (Lipinski definition) is 2. The average molecular weight is 315 g/mol. The van der Waals surface area contributed by atoms with Crippen LogP contribution in [0, 0.1) is 0 Å². The summed E-state index contributed by atoms with van der Waals surface area (Å²) in [4.78, 5) is 9.24. The summed E-state index contributed by atoms with van der Waals surface area (Å²) in [7, 11) is 1.57. The number of ether oxygens (including phenoxy) is 1. The van der Waals surface area contributed by atoms with E-state index in [-0.39, 0.29) is 6.04 Å². The number of nitrogens with zero attached hydrogens (tertiary/aromatic N) is 2. The van der Waals surface area contributed by atoms with Gasteiger partial charge in [0.2, 0.25) is 5.88 Å². The van der Waals surface area contributed by atoms with Gasteiger partial charge in [-0.25, -0.2) is 15.4 Å². The molecule has 0 bridgehead atoms. The third-order valence-corrected chi connectivity index (χ3v) is 4.18. The number of hydrogen-bond acceptors (Lipinski definition) is 6. The summed E-state index contributed by atoms with van der Waals surface area (Å²) in [5.74, 6) is 6.11. The summed E-state index contributed by atoms with van der Waals surface area (Å²) in [5.41, 5.74) is 3.51. The fourth-order valence-electron chi connectivity index (χ4n) is 1.43. The van der Waals surface area contributed by atoms with Crippen molar-refractivity contribution in [1.82, 2.24) is 15.4 Å². The highest BCUT2D eigenvalue weighted by Crippen LogP contribution is 2.32. The number of aromatic nitrogens is 2. The second-order valence-electron chi connectivity index (χ2n) is 3.22. The van der Waals surface area contributed by atoms with Crippen LogP contribution in [-0.4, -0.2) is 17.1 Å². The number of rotatable bonds is 4. The van der Waals surface area contributed by atoms with Crippen LogP contribution in [0.5, 0.6) is 5.88 Å². The Morgan fingerprint density at radius 2 is 2.35 bits per heavy atom. The third kappa shape index (κ3) is 2.63. The summed E-state index contributed by atoms with van der Waals surface area (Å²) in [5, 5.41) is 1.99. The van der Waals surface area contributed by atoms with Gasteiger partial charge in [0.25, 0.3) is 0 Å². The lowest BCUT2D eigenvalue weighted by Gasteiger charge is -2.14. The van der Waals surface area contributed by atoms with Crippen LogP contribution in [0.4, 0.5) is 0 Å². The first-order valence-corrected chi connectivity index (χ1v) is 6.48. The second kappa shape index (κ2) is 5.54. The molecule has 2 aromatic rings. The first kappa shape index (κ1) is 12.4. The maximum Gasteiger partial charge on any atom is 0.216 e. The van der Waals surface area contributed by atoms with E-state index in [1.165, 1.54) is 6.33 Å². The van der Waals surface area contributed by atoms with E-state index in [1.54, 1.807) is 24.5 Å². The van der Waals surface area contributed by atoms with Gasteiger partial charge in [-0.3, -0.25) is 5.84 Å². The van der Waals surface area contributed by atoms with Crippen LogP contribution in [-0.2, 0) is 0 Å². The van der Waals surface area contributed by atoms with Crippen LogP contribution < -0.4 is 16.0 Å². The Hall–Kier alpha value is -1.02. The van der Waals surface area contributed by atoms with Gasteiger partial charge in [-0.1, -0.05) is 0 Å². The summed E-state index contributed by atoms with van der Waals surface area (Å²) < 4.78 is 6.07. The van der Waals surface area contributed by atoms with Crippen molar-refractivity contribution in [2.75, 3.05) is 7.11 Å². The van der Waals surface area contributed by atoms with Gasteiger partial charge >= 0.3 is 0 Å². The van der Waals surface area contributed by atoms with Gasteiger partial charge in [0.15, 0.2) is 0 Å². The molecule has 0 aliphatic carbocycles. The molecule has 90 valence electrons. The van der Waals surface area contributed by atoms with E-state index in [0.29, 0.717) is 5.88 Å². The monoisotopic (exact) mass is 314 g/mol. The Morgan fingerprint density at radius 1 is 1.53 bits per heavy atom. The number of nitrogens with one attached hydrogen (secondary N) is 1. The van der Waals surface area contributed by atoms with E-state index in [0.717, 1.165) is 15.0 Å².